The summed E-state index contributed by atoms with van der Waals surface area (Å²) in [5.74, 6) is -0.972. The van der Waals surface area contributed by atoms with E-state index in [9.17, 15) is 4.79 Å². The molecule has 1 aromatic heterocycles. The number of aromatic nitrogens is 1. The van der Waals surface area contributed by atoms with Crippen molar-refractivity contribution < 1.29 is 9.90 Å². The van der Waals surface area contributed by atoms with E-state index in [1.165, 1.54) is 0 Å². The molecular formula is C9H13NO2. The van der Waals surface area contributed by atoms with Crippen molar-refractivity contribution in [2.75, 3.05) is 0 Å². The van der Waals surface area contributed by atoms with E-state index in [-0.39, 0.29) is 5.92 Å². The Morgan fingerprint density at radius 2 is 1.67 bits per heavy atom. The molecule has 66 valence electrons. The zero-order valence-corrected chi connectivity index (χ0v) is 7.27. The maximum Gasteiger partial charge on any atom is 0.305 e. The molecule has 1 aromatic rings. The van der Waals surface area contributed by atoms with Crippen LogP contribution in [0.25, 0.3) is 0 Å². The maximum absolute atomic E-state index is 9.70. The summed E-state index contributed by atoms with van der Waals surface area (Å²) in [5.41, 5.74) is 0. The number of nitrogens with zero attached hydrogens (tertiary/aromatic N) is 1. The molecule has 0 spiro atoms. The van der Waals surface area contributed by atoms with E-state index in [1.54, 1.807) is 26.2 Å². The fourth-order valence-electron chi connectivity index (χ4n) is 0.313. The van der Waals surface area contributed by atoms with E-state index in [0.29, 0.717) is 0 Å². The van der Waals surface area contributed by atoms with Crippen LogP contribution in [0.1, 0.15) is 13.8 Å². The molecule has 3 nitrogen and oxygen atoms in total. The second-order valence-electron chi connectivity index (χ2n) is 2.52. The van der Waals surface area contributed by atoms with Gasteiger partial charge in [0.15, 0.2) is 0 Å². The topological polar surface area (TPSA) is 50.2 Å². The summed E-state index contributed by atoms with van der Waals surface area (Å²) < 4.78 is 0. The predicted octanol–water partition coefficient (Wildman–Crippen LogP) is 1.81. The second kappa shape index (κ2) is 6.34. The van der Waals surface area contributed by atoms with E-state index in [2.05, 4.69) is 4.98 Å². The molecule has 0 unspecified atom stereocenters. The van der Waals surface area contributed by atoms with Crippen molar-refractivity contribution in [1.82, 2.24) is 4.98 Å². The van der Waals surface area contributed by atoms with Crippen molar-refractivity contribution in [3.63, 3.8) is 0 Å². The Labute approximate surface area is 72.1 Å². The number of hydrogen-bond acceptors (Lipinski definition) is 2. The molecule has 0 aliphatic rings. The van der Waals surface area contributed by atoms with Crippen LogP contribution in [0.15, 0.2) is 30.6 Å². The van der Waals surface area contributed by atoms with E-state index in [4.69, 9.17) is 5.11 Å². The fourth-order valence-corrected chi connectivity index (χ4v) is 0.313. The molecule has 1 heterocycles. The van der Waals surface area contributed by atoms with Gasteiger partial charge in [0.05, 0.1) is 5.92 Å². The average molecular weight is 167 g/mol. The molecule has 0 radical (unpaired) electrons. The number of pyridine rings is 1. The van der Waals surface area contributed by atoms with Crippen LogP contribution in [0.3, 0.4) is 0 Å². The van der Waals surface area contributed by atoms with Gasteiger partial charge >= 0.3 is 5.97 Å². The Bertz CT molecular complexity index is 182. The predicted molar refractivity (Wildman–Crippen MR) is 46.7 cm³/mol. The van der Waals surface area contributed by atoms with Crippen molar-refractivity contribution >= 4 is 5.97 Å². The smallest absolute Gasteiger partial charge is 0.305 e. The third-order valence-corrected chi connectivity index (χ3v) is 1.06. The summed E-state index contributed by atoms with van der Waals surface area (Å²) in [6.07, 6.45) is 3.50. The number of hydrogen-bond donors (Lipinski definition) is 1. The molecule has 0 atom stereocenters. The molecule has 12 heavy (non-hydrogen) atoms. The van der Waals surface area contributed by atoms with Gasteiger partial charge in [0, 0.05) is 12.4 Å². The van der Waals surface area contributed by atoms with Crippen LogP contribution in [-0.2, 0) is 4.79 Å². The second-order valence-corrected chi connectivity index (χ2v) is 2.52. The molecular weight excluding hydrogens is 154 g/mol. The minimum absolute atomic E-state index is 0.231. The number of carbonyl (C=O) groups is 1. The van der Waals surface area contributed by atoms with Gasteiger partial charge in [-0.25, -0.2) is 0 Å². The molecule has 1 N–H and O–H groups in total. The Kier molecular flexibility index (Phi) is 5.61. The van der Waals surface area contributed by atoms with Crippen LogP contribution in [-0.4, -0.2) is 16.1 Å². The van der Waals surface area contributed by atoms with Crippen molar-refractivity contribution in [2.45, 2.75) is 13.8 Å². The van der Waals surface area contributed by atoms with Crippen molar-refractivity contribution in [1.29, 1.82) is 0 Å². The highest BCUT2D eigenvalue weighted by atomic mass is 16.4. The van der Waals surface area contributed by atoms with Gasteiger partial charge in [0.1, 0.15) is 0 Å². The fraction of sp³-hybridized carbons (Fsp3) is 0.333. The van der Waals surface area contributed by atoms with Crippen LogP contribution in [0.4, 0.5) is 0 Å². The van der Waals surface area contributed by atoms with Crippen LogP contribution in [0, 0.1) is 5.92 Å². The number of aliphatic carboxylic acids is 1. The van der Waals surface area contributed by atoms with E-state index in [0.717, 1.165) is 0 Å². The summed E-state index contributed by atoms with van der Waals surface area (Å²) >= 11 is 0. The molecule has 1 rings (SSSR count). The number of rotatable bonds is 1. The minimum atomic E-state index is -0.741. The summed E-state index contributed by atoms with van der Waals surface area (Å²) in [6, 6.07) is 5.72. The maximum atomic E-state index is 9.70. The quantitative estimate of drug-likeness (QED) is 0.694. The van der Waals surface area contributed by atoms with Gasteiger partial charge in [-0.15, -0.1) is 0 Å². The summed E-state index contributed by atoms with van der Waals surface area (Å²) in [4.78, 5) is 13.5. The highest BCUT2D eigenvalue weighted by Crippen LogP contribution is 1.87. The van der Waals surface area contributed by atoms with Crippen LogP contribution in [0.5, 0.6) is 0 Å². The van der Waals surface area contributed by atoms with Gasteiger partial charge in [-0.2, -0.15) is 0 Å². The van der Waals surface area contributed by atoms with Crippen LogP contribution >= 0.6 is 0 Å². The number of carboxylic acids is 1. The van der Waals surface area contributed by atoms with E-state index < -0.39 is 5.97 Å². The monoisotopic (exact) mass is 167 g/mol. The Morgan fingerprint density at radius 1 is 1.25 bits per heavy atom. The molecule has 0 bridgehead atoms. The van der Waals surface area contributed by atoms with Gasteiger partial charge in [-0.05, 0) is 12.1 Å². The van der Waals surface area contributed by atoms with Crippen molar-refractivity contribution in [2.24, 2.45) is 5.92 Å². The lowest BCUT2D eigenvalue weighted by atomic mass is 10.2. The lowest BCUT2D eigenvalue weighted by Crippen LogP contribution is -2.03. The standard InChI is InChI=1S/C5H5N.C4H8O2/c1-2-4-6-5-3-1;1-3(2)4(5)6/h1-5H;3H,1-2H3,(H,5,6). The lowest BCUT2D eigenvalue weighted by molar-refractivity contribution is -0.140. The van der Waals surface area contributed by atoms with Gasteiger partial charge in [0.25, 0.3) is 0 Å². The molecule has 0 saturated heterocycles. The van der Waals surface area contributed by atoms with Gasteiger partial charge in [-0.3, -0.25) is 9.78 Å². The first-order valence-corrected chi connectivity index (χ1v) is 3.72. The van der Waals surface area contributed by atoms with Gasteiger partial charge in [-0.1, -0.05) is 19.9 Å². The SMILES string of the molecule is CC(C)C(=O)O.c1ccncc1. The van der Waals surface area contributed by atoms with Crippen LogP contribution < -0.4 is 0 Å². The zero-order valence-electron chi connectivity index (χ0n) is 7.27. The summed E-state index contributed by atoms with van der Waals surface area (Å²) in [6.45, 7) is 3.28. The first kappa shape index (κ1) is 10.6. The molecule has 0 aliphatic carbocycles. The molecule has 0 fully saturated rings. The Hall–Kier alpha value is -1.38. The lowest BCUT2D eigenvalue weighted by Gasteiger charge is -1.89. The van der Waals surface area contributed by atoms with E-state index in [1.807, 2.05) is 18.2 Å². The normalized spacial score (nSPS) is 8.58. The average Bonchev–Trinajstić information content (AvgIpc) is 2.08. The molecule has 0 aromatic carbocycles. The third kappa shape index (κ3) is 6.74. The van der Waals surface area contributed by atoms with Gasteiger partial charge in [0.2, 0.25) is 0 Å². The largest absolute Gasteiger partial charge is 0.481 e. The van der Waals surface area contributed by atoms with Crippen LogP contribution in [0.2, 0.25) is 0 Å². The molecule has 0 aliphatic heterocycles. The zero-order chi connectivity index (χ0) is 9.40. The number of carboxylic acid groups (broad SMARTS) is 1. The highest BCUT2D eigenvalue weighted by Gasteiger charge is 1.99. The molecule has 0 saturated carbocycles. The first-order valence-electron chi connectivity index (χ1n) is 3.72. The summed E-state index contributed by atoms with van der Waals surface area (Å²) in [7, 11) is 0. The first-order chi connectivity index (χ1) is 5.64. The van der Waals surface area contributed by atoms with Gasteiger partial charge < -0.3 is 5.11 Å². The Morgan fingerprint density at radius 3 is 1.75 bits per heavy atom. The van der Waals surface area contributed by atoms with E-state index >= 15 is 0 Å². The summed E-state index contributed by atoms with van der Waals surface area (Å²) in [5, 5.41) is 7.99. The highest BCUT2D eigenvalue weighted by molar-refractivity contribution is 5.68. The minimum Gasteiger partial charge on any atom is -0.481 e. The third-order valence-electron chi connectivity index (χ3n) is 1.06. The molecule has 3 heteroatoms. The van der Waals surface area contributed by atoms with Crippen molar-refractivity contribution in [3.8, 4) is 0 Å². The van der Waals surface area contributed by atoms with Crippen molar-refractivity contribution in [3.05, 3.63) is 30.6 Å². The molecule has 0 amide bonds. The Balaban J connectivity index is 0.000000202.